The van der Waals surface area contributed by atoms with Crippen molar-refractivity contribution >= 4 is 17.1 Å². The third kappa shape index (κ3) is 1.31. The molecule has 1 heterocycles. The van der Waals surface area contributed by atoms with Gasteiger partial charge in [0.1, 0.15) is 5.78 Å². The zero-order valence-corrected chi connectivity index (χ0v) is 7.99. The van der Waals surface area contributed by atoms with Crippen molar-refractivity contribution in [1.82, 2.24) is 0 Å². The van der Waals surface area contributed by atoms with Crippen LogP contribution in [0.4, 0.5) is 0 Å². The molecule has 0 N–H and O–H groups in total. The molecule has 1 nitrogen and oxygen atoms in total. The molecule has 1 saturated carbocycles. The van der Waals surface area contributed by atoms with Gasteiger partial charge >= 0.3 is 0 Å². The van der Waals surface area contributed by atoms with Gasteiger partial charge in [0, 0.05) is 5.41 Å². The van der Waals surface area contributed by atoms with Crippen LogP contribution in [0.1, 0.15) is 25.3 Å². The van der Waals surface area contributed by atoms with E-state index in [-0.39, 0.29) is 5.41 Å². The molecule has 1 aromatic heterocycles. The van der Waals surface area contributed by atoms with Crippen molar-refractivity contribution in [3.63, 3.8) is 0 Å². The Labute approximate surface area is 76.4 Å². The van der Waals surface area contributed by atoms with Crippen LogP contribution in [-0.4, -0.2) is 5.78 Å². The molecule has 1 aliphatic rings. The Morgan fingerprint density at radius 1 is 1.67 bits per heavy atom. The van der Waals surface area contributed by atoms with Gasteiger partial charge in [-0.15, -0.1) is 0 Å². The lowest BCUT2D eigenvalue weighted by Gasteiger charge is -2.08. The number of Topliss-reactive ketones (excluding diaryl/α,β-unsaturated/α-hetero) is 1. The Morgan fingerprint density at radius 3 is 2.83 bits per heavy atom. The minimum atomic E-state index is 0.0427. The standard InChI is InChI=1S/C10H12OS/c1-8(11)10(3-4-10)6-9-2-5-12-7-9/h2,5,7H,3-4,6H2,1H3. The minimum Gasteiger partial charge on any atom is -0.299 e. The van der Waals surface area contributed by atoms with Gasteiger partial charge in [-0.2, -0.15) is 11.3 Å². The van der Waals surface area contributed by atoms with E-state index in [0.717, 1.165) is 19.3 Å². The minimum absolute atomic E-state index is 0.0427. The molecule has 0 radical (unpaired) electrons. The average Bonchev–Trinajstić information content (AvgIpc) is 2.60. The van der Waals surface area contributed by atoms with E-state index in [2.05, 4.69) is 16.8 Å². The summed E-state index contributed by atoms with van der Waals surface area (Å²) in [6.07, 6.45) is 3.15. The zero-order valence-electron chi connectivity index (χ0n) is 7.17. The molecule has 0 aliphatic heterocycles. The van der Waals surface area contributed by atoms with Crippen LogP contribution in [0, 0.1) is 5.41 Å². The molecule has 0 aromatic carbocycles. The normalized spacial score (nSPS) is 19.1. The molecule has 0 bridgehead atoms. The number of rotatable bonds is 3. The van der Waals surface area contributed by atoms with E-state index in [1.165, 1.54) is 5.56 Å². The highest BCUT2D eigenvalue weighted by atomic mass is 32.1. The van der Waals surface area contributed by atoms with Gasteiger partial charge in [0.05, 0.1) is 0 Å². The first-order chi connectivity index (χ1) is 5.73. The predicted octanol–water partition coefficient (Wildman–Crippen LogP) is 2.66. The van der Waals surface area contributed by atoms with Crippen molar-refractivity contribution in [3.05, 3.63) is 22.4 Å². The molecule has 1 fully saturated rings. The number of hydrogen-bond acceptors (Lipinski definition) is 2. The second-order valence-corrected chi connectivity index (χ2v) is 4.42. The fraction of sp³-hybridized carbons (Fsp3) is 0.500. The Balaban J connectivity index is 2.09. The largest absolute Gasteiger partial charge is 0.299 e. The lowest BCUT2D eigenvalue weighted by atomic mass is 9.94. The van der Waals surface area contributed by atoms with Crippen molar-refractivity contribution in [2.45, 2.75) is 26.2 Å². The summed E-state index contributed by atoms with van der Waals surface area (Å²) >= 11 is 1.71. The molecule has 1 aliphatic carbocycles. The van der Waals surface area contributed by atoms with E-state index in [1.807, 2.05) is 0 Å². The van der Waals surface area contributed by atoms with Crippen LogP contribution in [0.2, 0.25) is 0 Å². The molecule has 0 amide bonds. The highest BCUT2D eigenvalue weighted by Crippen LogP contribution is 2.49. The molecule has 2 heteroatoms. The van der Waals surface area contributed by atoms with Crippen LogP contribution in [-0.2, 0) is 11.2 Å². The maximum absolute atomic E-state index is 11.3. The lowest BCUT2D eigenvalue weighted by Crippen LogP contribution is -2.14. The number of thiophene rings is 1. The first-order valence-electron chi connectivity index (χ1n) is 4.25. The van der Waals surface area contributed by atoms with Gasteiger partial charge in [0.2, 0.25) is 0 Å². The van der Waals surface area contributed by atoms with Gasteiger partial charge in [-0.3, -0.25) is 4.79 Å². The summed E-state index contributed by atoms with van der Waals surface area (Å²) in [6.45, 7) is 1.72. The summed E-state index contributed by atoms with van der Waals surface area (Å²) in [6, 6.07) is 2.12. The lowest BCUT2D eigenvalue weighted by molar-refractivity contribution is -0.121. The van der Waals surface area contributed by atoms with Crippen LogP contribution in [0.25, 0.3) is 0 Å². The van der Waals surface area contributed by atoms with Crippen LogP contribution < -0.4 is 0 Å². The number of carbonyl (C=O) groups is 1. The Hall–Kier alpha value is -0.630. The fourth-order valence-corrected chi connectivity index (χ4v) is 2.26. The van der Waals surface area contributed by atoms with Gasteiger partial charge < -0.3 is 0 Å². The third-order valence-electron chi connectivity index (χ3n) is 2.72. The Bertz CT molecular complexity index is 283. The van der Waals surface area contributed by atoms with Gasteiger partial charge in [-0.25, -0.2) is 0 Å². The zero-order chi connectivity index (χ0) is 8.60. The van der Waals surface area contributed by atoms with Crippen molar-refractivity contribution in [1.29, 1.82) is 0 Å². The first kappa shape index (κ1) is 7.99. The highest BCUT2D eigenvalue weighted by Gasteiger charge is 2.46. The SMILES string of the molecule is CC(=O)C1(Cc2ccsc2)CC1. The molecular weight excluding hydrogens is 168 g/mol. The van der Waals surface area contributed by atoms with Gasteiger partial charge in [-0.1, -0.05) is 0 Å². The van der Waals surface area contributed by atoms with E-state index in [0.29, 0.717) is 5.78 Å². The molecule has 0 atom stereocenters. The summed E-state index contributed by atoms with van der Waals surface area (Å²) in [5.41, 5.74) is 1.37. The molecule has 64 valence electrons. The molecule has 12 heavy (non-hydrogen) atoms. The smallest absolute Gasteiger partial charge is 0.136 e. The fourth-order valence-electron chi connectivity index (χ4n) is 1.59. The van der Waals surface area contributed by atoms with E-state index in [1.54, 1.807) is 18.3 Å². The Kier molecular flexibility index (Phi) is 1.80. The number of carbonyl (C=O) groups excluding carboxylic acids is 1. The van der Waals surface area contributed by atoms with E-state index in [9.17, 15) is 4.79 Å². The monoisotopic (exact) mass is 180 g/mol. The third-order valence-corrected chi connectivity index (χ3v) is 3.46. The first-order valence-corrected chi connectivity index (χ1v) is 5.19. The molecule has 0 unspecified atom stereocenters. The summed E-state index contributed by atoms with van der Waals surface area (Å²) in [5, 5.41) is 4.22. The van der Waals surface area contributed by atoms with Crippen molar-refractivity contribution in [3.8, 4) is 0 Å². The molecular formula is C10H12OS. The molecule has 1 aromatic rings. The van der Waals surface area contributed by atoms with Gasteiger partial charge in [-0.05, 0) is 48.6 Å². The summed E-state index contributed by atoms with van der Waals surface area (Å²) in [7, 11) is 0. The summed E-state index contributed by atoms with van der Waals surface area (Å²) in [4.78, 5) is 11.3. The van der Waals surface area contributed by atoms with E-state index in [4.69, 9.17) is 0 Å². The average molecular weight is 180 g/mol. The maximum Gasteiger partial charge on any atom is 0.136 e. The number of ketones is 1. The van der Waals surface area contributed by atoms with Crippen LogP contribution in [0.3, 0.4) is 0 Å². The second kappa shape index (κ2) is 2.70. The van der Waals surface area contributed by atoms with E-state index >= 15 is 0 Å². The van der Waals surface area contributed by atoms with Gasteiger partial charge in [0.25, 0.3) is 0 Å². The summed E-state index contributed by atoms with van der Waals surface area (Å²) < 4.78 is 0. The van der Waals surface area contributed by atoms with Crippen molar-refractivity contribution in [2.75, 3.05) is 0 Å². The van der Waals surface area contributed by atoms with Crippen LogP contribution in [0.15, 0.2) is 16.8 Å². The predicted molar refractivity (Wildman–Crippen MR) is 50.4 cm³/mol. The quantitative estimate of drug-likeness (QED) is 0.699. The summed E-state index contributed by atoms with van der Waals surface area (Å²) in [5.74, 6) is 0.369. The van der Waals surface area contributed by atoms with Crippen molar-refractivity contribution < 1.29 is 4.79 Å². The van der Waals surface area contributed by atoms with Gasteiger partial charge in [0.15, 0.2) is 0 Å². The number of hydrogen-bond donors (Lipinski definition) is 0. The highest BCUT2D eigenvalue weighted by molar-refractivity contribution is 7.07. The van der Waals surface area contributed by atoms with Crippen molar-refractivity contribution in [2.24, 2.45) is 5.41 Å². The Morgan fingerprint density at radius 2 is 2.42 bits per heavy atom. The maximum atomic E-state index is 11.3. The molecule has 2 rings (SSSR count). The van der Waals surface area contributed by atoms with Crippen LogP contribution in [0.5, 0.6) is 0 Å². The second-order valence-electron chi connectivity index (χ2n) is 3.64. The van der Waals surface area contributed by atoms with Crippen LogP contribution >= 0.6 is 11.3 Å². The molecule has 0 spiro atoms. The topological polar surface area (TPSA) is 17.1 Å². The molecule has 0 saturated heterocycles. The van der Waals surface area contributed by atoms with E-state index < -0.39 is 0 Å².